The monoisotopic (exact) mass is 314 g/mol. The lowest BCUT2D eigenvalue weighted by Crippen LogP contribution is -2.35. The van der Waals surface area contributed by atoms with Gasteiger partial charge in [0.05, 0.1) is 19.4 Å². The second-order valence-corrected chi connectivity index (χ2v) is 6.92. The lowest BCUT2D eigenvalue weighted by Gasteiger charge is -2.19. The van der Waals surface area contributed by atoms with E-state index in [1.165, 1.54) is 0 Å². The fraction of sp³-hybridized carbons (Fsp3) is 0.500. The molecule has 1 amide bonds. The number of benzene rings is 1. The molecular formula is C14H22N2O4S. The summed E-state index contributed by atoms with van der Waals surface area (Å²) in [4.78, 5) is 11.9. The number of amides is 1. The van der Waals surface area contributed by atoms with Gasteiger partial charge < -0.3 is 10.1 Å². The Morgan fingerprint density at radius 3 is 2.24 bits per heavy atom. The molecule has 1 aromatic carbocycles. The largest absolute Gasteiger partial charge is 0.497 e. The van der Waals surface area contributed by atoms with Gasteiger partial charge in [0, 0.05) is 12.5 Å². The Hall–Kier alpha value is -1.60. The van der Waals surface area contributed by atoms with Crippen molar-refractivity contribution in [2.75, 3.05) is 13.4 Å². The number of rotatable bonds is 7. The summed E-state index contributed by atoms with van der Waals surface area (Å²) >= 11 is 0. The number of sulfonamides is 1. The highest BCUT2D eigenvalue weighted by Crippen LogP contribution is 2.21. The molecule has 1 rings (SSSR count). The van der Waals surface area contributed by atoms with Crippen molar-refractivity contribution in [2.45, 2.75) is 32.4 Å². The van der Waals surface area contributed by atoms with Crippen molar-refractivity contribution in [3.05, 3.63) is 29.8 Å². The number of ether oxygens (including phenoxy) is 1. The highest BCUT2D eigenvalue weighted by molar-refractivity contribution is 7.88. The molecule has 6 nitrogen and oxygen atoms in total. The van der Waals surface area contributed by atoms with E-state index >= 15 is 0 Å². The average molecular weight is 314 g/mol. The van der Waals surface area contributed by atoms with Crippen LogP contribution in [0, 0.1) is 0 Å². The van der Waals surface area contributed by atoms with Crippen LogP contribution in [0.15, 0.2) is 24.3 Å². The Morgan fingerprint density at radius 2 is 1.81 bits per heavy atom. The quantitative estimate of drug-likeness (QED) is 0.792. The molecule has 0 bridgehead atoms. The summed E-state index contributed by atoms with van der Waals surface area (Å²) in [5, 5.41) is 2.75. The van der Waals surface area contributed by atoms with Gasteiger partial charge >= 0.3 is 0 Å². The maximum absolute atomic E-state index is 11.9. The first-order valence-corrected chi connectivity index (χ1v) is 8.51. The van der Waals surface area contributed by atoms with Crippen LogP contribution in [-0.4, -0.2) is 33.7 Å². The van der Waals surface area contributed by atoms with Gasteiger partial charge in [-0.3, -0.25) is 4.79 Å². The lowest BCUT2D eigenvalue weighted by atomic mass is 10.0. The van der Waals surface area contributed by atoms with Crippen LogP contribution in [-0.2, 0) is 14.8 Å². The van der Waals surface area contributed by atoms with Gasteiger partial charge in [-0.25, -0.2) is 13.1 Å². The standard InChI is InChI=1S/C14H22N2O4S/c1-10(2)15-14(17)9-13(16-21(4,18)19)11-5-7-12(20-3)8-6-11/h5-8,10,13,16H,9H2,1-4H3,(H,15,17)/t13-/m0/s1. The summed E-state index contributed by atoms with van der Waals surface area (Å²) in [6, 6.07) is 6.34. The minimum atomic E-state index is -3.42. The third-order valence-electron chi connectivity index (χ3n) is 2.71. The zero-order valence-corrected chi connectivity index (χ0v) is 13.5. The molecule has 21 heavy (non-hydrogen) atoms. The smallest absolute Gasteiger partial charge is 0.222 e. The summed E-state index contributed by atoms with van der Waals surface area (Å²) in [5.74, 6) is 0.463. The van der Waals surface area contributed by atoms with Crippen LogP contribution in [0.25, 0.3) is 0 Å². The van der Waals surface area contributed by atoms with Crippen molar-refractivity contribution in [3.63, 3.8) is 0 Å². The van der Waals surface area contributed by atoms with E-state index in [4.69, 9.17) is 4.74 Å². The highest BCUT2D eigenvalue weighted by atomic mass is 32.2. The molecule has 118 valence electrons. The lowest BCUT2D eigenvalue weighted by molar-refractivity contribution is -0.122. The predicted molar refractivity (Wildman–Crippen MR) is 81.6 cm³/mol. The van der Waals surface area contributed by atoms with Crippen molar-refractivity contribution in [1.82, 2.24) is 10.0 Å². The molecule has 7 heteroatoms. The molecule has 0 unspecified atom stereocenters. The minimum Gasteiger partial charge on any atom is -0.497 e. The number of hydrogen-bond donors (Lipinski definition) is 2. The van der Waals surface area contributed by atoms with Gasteiger partial charge in [0.1, 0.15) is 5.75 Å². The van der Waals surface area contributed by atoms with Gasteiger partial charge in [-0.2, -0.15) is 0 Å². The summed E-state index contributed by atoms with van der Waals surface area (Å²) in [5.41, 5.74) is 0.708. The maximum Gasteiger partial charge on any atom is 0.222 e. The molecule has 0 aliphatic heterocycles. The van der Waals surface area contributed by atoms with Crippen LogP contribution < -0.4 is 14.8 Å². The van der Waals surface area contributed by atoms with Gasteiger partial charge in [0.15, 0.2) is 0 Å². The van der Waals surface area contributed by atoms with Crippen LogP contribution in [0.1, 0.15) is 31.9 Å². The molecule has 0 fully saturated rings. The first-order valence-electron chi connectivity index (χ1n) is 6.62. The van der Waals surface area contributed by atoms with Crippen LogP contribution >= 0.6 is 0 Å². The van der Waals surface area contributed by atoms with Crippen molar-refractivity contribution in [1.29, 1.82) is 0 Å². The Bertz CT molecular complexity index is 567. The van der Waals surface area contributed by atoms with E-state index < -0.39 is 16.1 Å². The molecule has 0 spiro atoms. The second-order valence-electron chi connectivity index (χ2n) is 5.14. The molecule has 1 atom stereocenters. The number of methoxy groups -OCH3 is 1. The van der Waals surface area contributed by atoms with E-state index in [-0.39, 0.29) is 18.4 Å². The van der Waals surface area contributed by atoms with E-state index in [2.05, 4.69) is 10.0 Å². The van der Waals surface area contributed by atoms with Crippen molar-refractivity contribution >= 4 is 15.9 Å². The SMILES string of the molecule is COc1ccc([C@H](CC(=O)NC(C)C)NS(C)(=O)=O)cc1. The summed E-state index contributed by atoms with van der Waals surface area (Å²) in [6.45, 7) is 3.70. The first-order chi connectivity index (χ1) is 9.71. The van der Waals surface area contributed by atoms with Crippen molar-refractivity contribution in [3.8, 4) is 5.75 Å². The third-order valence-corrected chi connectivity index (χ3v) is 3.43. The third kappa shape index (κ3) is 6.59. The normalized spacial score (nSPS) is 13.0. The number of carbonyl (C=O) groups excluding carboxylic acids is 1. The Morgan fingerprint density at radius 1 is 1.24 bits per heavy atom. The molecule has 0 aromatic heterocycles. The van der Waals surface area contributed by atoms with Gasteiger partial charge in [-0.1, -0.05) is 12.1 Å². The van der Waals surface area contributed by atoms with Gasteiger partial charge in [0.25, 0.3) is 0 Å². The fourth-order valence-electron chi connectivity index (χ4n) is 1.89. The van der Waals surface area contributed by atoms with Gasteiger partial charge in [-0.15, -0.1) is 0 Å². The molecule has 1 aromatic rings. The molecule has 0 radical (unpaired) electrons. The zero-order valence-electron chi connectivity index (χ0n) is 12.7. The van der Waals surface area contributed by atoms with E-state index in [1.54, 1.807) is 31.4 Å². The van der Waals surface area contributed by atoms with E-state index in [0.717, 1.165) is 6.26 Å². The zero-order chi connectivity index (χ0) is 16.0. The number of carbonyl (C=O) groups is 1. The Labute approximate surface area is 125 Å². The predicted octanol–water partition coefficient (Wildman–Crippen LogP) is 1.20. The van der Waals surface area contributed by atoms with Crippen molar-refractivity contribution in [2.24, 2.45) is 0 Å². The molecule has 0 heterocycles. The van der Waals surface area contributed by atoms with Crippen LogP contribution in [0.4, 0.5) is 0 Å². The average Bonchev–Trinajstić information content (AvgIpc) is 2.35. The molecular weight excluding hydrogens is 292 g/mol. The molecule has 0 saturated heterocycles. The van der Waals surface area contributed by atoms with E-state index in [0.29, 0.717) is 11.3 Å². The van der Waals surface area contributed by atoms with Gasteiger partial charge in [0.2, 0.25) is 15.9 Å². The number of nitrogens with one attached hydrogen (secondary N) is 2. The second kappa shape index (κ2) is 7.42. The molecule has 0 saturated carbocycles. The molecule has 0 aliphatic rings. The Balaban J connectivity index is 2.92. The van der Waals surface area contributed by atoms with Crippen LogP contribution in [0.5, 0.6) is 5.75 Å². The first kappa shape index (κ1) is 17.5. The van der Waals surface area contributed by atoms with Gasteiger partial charge in [-0.05, 0) is 31.5 Å². The van der Waals surface area contributed by atoms with Crippen molar-refractivity contribution < 1.29 is 17.9 Å². The fourth-order valence-corrected chi connectivity index (χ4v) is 2.62. The van der Waals surface area contributed by atoms with Crippen LogP contribution in [0.3, 0.4) is 0 Å². The number of hydrogen-bond acceptors (Lipinski definition) is 4. The van der Waals surface area contributed by atoms with E-state index in [1.807, 2.05) is 13.8 Å². The minimum absolute atomic E-state index is 0.00671. The summed E-state index contributed by atoms with van der Waals surface area (Å²) in [7, 11) is -1.87. The molecule has 0 aliphatic carbocycles. The summed E-state index contributed by atoms with van der Waals surface area (Å²) in [6.07, 6.45) is 1.11. The van der Waals surface area contributed by atoms with Crippen LogP contribution in [0.2, 0.25) is 0 Å². The highest BCUT2D eigenvalue weighted by Gasteiger charge is 2.20. The maximum atomic E-state index is 11.9. The Kier molecular flexibility index (Phi) is 6.17. The topological polar surface area (TPSA) is 84.5 Å². The summed E-state index contributed by atoms with van der Waals surface area (Å²) < 4.78 is 30.5. The molecule has 2 N–H and O–H groups in total. The van der Waals surface area contributed by atoms with E-state index in [9.17, 15) is 13.2 Å².